The van der Waals surface area contributed by atoms with Crippen LogP contribution in [-0.4, -0.2) is 44.1 Å². The number of aliphatic carboxylic acids is 1. The second-order valence-corrected chi connectivity index (χ2v) is 7.76. The SMILES string of the molecule is COc1cccc(S(=O)(=O)C2(C(=O)O)CNC(=O)N2c2ccccc2)c1. The zero-order chi connectivity index (χ0) is 18.9. The standard InChI is InChI=1S/C17H16N2O6S/c1-25-13-8-5-9-14(10-13)26(23,24)17(15(20)21)11-18-16(22)19(17)12-6-3-2-4-7-12/h2-10H,11H2,1H3,(H,18,22)(H,20,21). The van der Waals surface area contributed by atoms with E-state index in [2.05, 4.69) is 5.32 Å². The summed E-state index contributed by atoms with van der Waals surface area (Å²) in [6.45, 7) is -0.588. The molecule has 1 saturated heterocycles. The number of carbonyl (C=O) groups is 2. The Morgan fingerprint density at radius 3 is 2.50 bits per heavy atom. The van der Waals surface area contributed by atoms with E-state index in [1.54, 1.807) is 24.3 Å². The van der Waals surface area contributed by atoms with Gasteiger partial charge < -0.3 is 15.2 Å². The topological polar surface area (TPSA) is 113 Å². The number of hydrogen-bond acceptors (Lipinski definition) is 5. The van der Waals surface area contributed by atoms with Crippen LogP contribution >= 0.6 is 0 Å². The van der Waals surface area contributed by atoms with Gasteiger partial charge in [-0.2, -0.15) is 0 Å². The average Bonchev–Trinajstić information content (AvgIpc) is 3.01. The van der Waals surface area contributed by atoms with Gasteiger partial charge in [0.15, 0.2) is 0 Å². The van der Waals surface area contributed by atoms with Crippen molar-refractivity contribution in [3.63, 3.8) is 0 Å². The summed E-state index contributed by atoms with van der Waals surface area (Å²) in [4.78, 5) is 22.5. The zero-order valence-electron chi connectivity index (χ0n) is 13.7. The molecule has 9 heteroatoms. The van der Waals surface area contributed by atoms with Gasteiger partial charge in [0.2, 0.25) is 9.84 Å². The first-order valence-corrected chi connectivity index (χ1v) is 9.08. The van der Waals surface area contributed by atoms with Crippen LogP contribution in [0.5, 0.6) is 5.75 Å². The van der Waals surface area contributed by atoms with E-state index < -0.39 is 33.3 Å². The molecule has 8 nitrogen and oxygen atoms in total. The average molecular weight is 376 g/mol. The fraction of sp³-hybridized carbons (Fsp3) is 0.176. The molecule has 0 aromatic heterocycles. The Morgan fingerprint density at radius 1 is 1.19 bits per heavy atom. The van der Waals surface area contributed by atoms with Crippen LogP contribution in [0, 0.1) is 0 Å². The summed E-state index contributed by atoms with van der Waals surface area (Å²) >= 11 is 0. The molecule has 2 N–H and O–H groups in total. The summed E-state index contributed by atoms with van der Waals surface area (Å²) in [7, 11) is -3.13. The zero-order valence-corrected chi connectivity index (χ0v) is 14.6. The van der Waals surface area contributed by atoms with Crippen molar-refractivity contribution in [2.75, 3.05) is 18.6 Å². The fourth-order valence-electron chi connectivity index (χ4n) is 2.89. The summed E-state index contributed by atoms with van der Waals surface area (Å²) in [6.07, 6.45) is 0. The van der Waals surface area contributed by atoms with Crippen molar-refractivity contribution in [2.24, 2.45) is 0 Å². The van der Waals surface area contributed by atoms with Gasteiger partial charge >= 0.3 is 12.0 Å². The lowest BCUT2D eigenvalue weighted by atomic mass is 10.2. The lowest BCUT2D eigenvalue weighted by molar-refractivity contribution is -0.139. The fourth-order valence-corrected chi connectivity index (χ4v) is 4.72. The van der Waals surface area contributed by atoms with E-state index in [0.29, 0.717) is 0 Å². The van der Waals surface area contributed by atoms with E-state index in [4.69, 9.17) is 4.74 Å². The van der Waals surface area contributed by atoms with Crippen LogP contribution in [0.15, 0.2) is 59.5 Å². The normalized spacial score (nSPS) is 19.9. The van der Waals surface area contributed by atoms with Gasteiger partial charge in [-0.3, -0.25) is 4.90 Å². The number of amides is 2. The summed E-state index contributed by atoms with van der Waals surface area (Å²) in [5, 5.41) is 12.2. The van der Waals surface area contributed by atoms with E-state index in [0.717, 1.165) is 4.90 Å². The number of urea groups is 1. The molecule has 0 radical (unpaired) electrons. The molecule has 0 spiro atoms. The molecular weight excluding hydrogens is 360 g/mol. The van der Waals surface area contributed by atoms with E-state index in [1.165, 1.54) is 37.4 Å². The van der Waals surface area contributed by atoms with Crippen LogP contribution in [-0.2, 0) is 14.6 Å². The smallest absolute Gasteiger partial charge is 0.348 e. The summed E-state index contributed by atoms with van der Waals surface area (Å²) < 4.78 is 31.7. The number of ether oxygens (including phenoxy) is 1. The first kappa shape index (κ1) is 17.7. The van der Waals surface area contributed by atoms with Gasteiger partial charge in [0.1, 0.15) is 5.75 Å². The van der Waals surface area contributed by atoms with Gasteiger partial charge in [0.05, 0.1) is 18.6 Å². The number of anilines is 1. The molecule has 1 atom stereocenters. The van der Waals surface area contributed by atoms with Crippen molar-refractivity contribution in [1.29, 1.82) is 0 Å². The molecule has 0 saturated carbocycles. The number of hydrogen-bond donors (Lipinski definition) is 2. The monoisotopic (exact) mass is 376 g/mol. The number of methoxy groups -OCH3 is 1. The van der Waals surface area contributed by atoms with Gasteiger partial charge in [0, 0.05) is 5.69 Å². The summed E-state index contributed by atoms with van der Waals surface area (Å²) in [6, 6.07) is 12.5. The maximum atomic E-state index is 13.3. The first-order valence-electron chi connectivity index (χ1n) is 7.60. The quantitative estimate of drug-likeness (QED) is 0.817. The lowest BCUT2D eigenvalue weighted by Crippen LogP contribution is -2.59. The second kappa shape index (κ2) is 6.34. The number of nitrogens with zero attached hydrogens (tertiary/aromatic N) is 1. The molecule has 1 heterocycles. The third-order valence-electron chi connectivity index (χ3n) is 4.19. The molecule has 3 rings (SSSR count). The second-order valence-electron chi connectivity index (χ2n) is 5.60. The molecule has 0 aliphatic carbocycles. The van der Waals surface area contributed by atoms with E-state index in [1.807, 2.05) is 0 Å². The number of carbonyl (C=O) groups excluding carboxylic acids is 1. The number of carboxylic acids is 1. The van der Waals surface area contributed by atoms with Gasteiger partial charge in [-0.05, 0) is 30.3 Å². The molecule has 1 unspecified atom stereocenters. The molecule has 0 bridgehead atoms. The van der Waals surface area contributed by atoms with Crippen molar-refractivity contribution in [2.45, 2.75) is 9.77 Å². The highest BCUT2D eigenvalue weighted by molar-refractivity contribution is 7.93. The van der Waals surface area contributed by atoms with Crippen LogP contribution in [0.3, 0.4) is 0 Å². The Bertz CT molecular complexity index is 960. The maximum Gasteiger partial charge on any atom is 0.348 e. The third kappa shape index (κ3) is 2.48. The molecule has 26 heavy (non-hydrogen) atoms. The molecule has 1 aliphatic heterocycles. The number of nitrogens with one attached hydrogen (secondary N) is 1. The van der Waals surface area contributed by atoms with Gasteiger partial charge in [0.25, 0.3) is 4.87 Å². The van der Waals surface area contributed by atoms with Gasteiger partial charge in [-0.1, -0.05) is 24.3 Å². The van der Waals surface area contributed by atoms with Crippen molar-refractivity contribution in [3.05, 3.63) is 54.6 Å². The number of para-hydroxylation sites is 1. The maximum absolute atomic E-state index is 13.3. The number of sulfone groups is 1. The van der Waals surface area contributed by atoms with Crippen LogP contribution in [0.4, 0.5) is 10.5 Å². The highest BCUT2D eigenvalue weighted by Gasteiger charge is 2.62. The molecule has 2 amide bonds. The largest absolute Gasteiger partial charge is 0.497 e. The lowest BCUT2D eigenvalue weighted by Gasteiger charge is -2.32. The van der Waals surface area contributed by atoms with E-state index >= 15 is 0 Å². The van der Waals surface area contributed by atoms with Crippen molar-refractivity contribution in [1.82, 2.24) is 5.32 Å². The predicted octanol–water partition coefficient (Wildman–Crippen LogP) is 1.48. The Kier molecular flexibility index (Phi) is 4.33. The number of carboxylic acid groups (broad SMARTS) is 1. The minimum absolute atomic E-state index is 0.163. The third-order valence-corrected chi connectivity index (χ3v) is 6.45. The number of benzene rings is 2. The molecule has 1 aliphatic rings. The minimum Gasteiger partial charge on any atom is -0.497 e. The molecule has 2 aromatic carbocycles. The highest BCUT2D eigenvalue weighted by atomic mass is 32.2. The molecule has 136 valence electrons. The molecular formula is C17H16N2O6S. The van der Waals surface area contributed by atoms with Crippen LogP contribution in [0.1, 0.15) is 0 Å². The van der Waals surface area contributed by atoms with Gasteiger partial charge in [-0.25, -0.2) is 18.0 Å². The number of rotatable bonds is 5. The Labute approximate surface area is 149 Å². The Hall–Kier alpha value is -3.07. The van der Waals surface area contributed by atoms with Crippen LogP contribution < -0.4 is 15.0 Å². The van der Waals surface area contributed by atoms with Gasteiger partial charge in [-0.15, -0.1) is 0 Å². The molecule has 2 aromatic rings. The highest BCUT2D eigenvalue weighted by Crippen LogP contribution is 2.37. The summed E-state index contributed by atoms with van der Waals surface area (Å²) in [5.74, 6) is -1.39. The summed E-state index contributed by atoms with van der Waals surface area (Å²) in [5.41, 5.74) is 0.163. The van der Waals surface area contributed by atoms with Crippen molar-refractivity contribution < 1.29 is 27.9 Å². The van der Waals surface area contributed by atoms with E-state index in [9.17, 15) is 23.1 Å². The van der Waals surface area contributed by atoms with E-state index in [-0.39, 0.29) is 16.3 Å². The minimum atomic E-state index is -4.50. The van der Waals surface area contributed by atoms with Crippen molar-refractivity contribution >= 4 is 27.5 Å². The Balaban J connectivity index is 2.24. The van der Waals surface area contributed by atoms with Crippen LogP contribution in [0.2, 0.25) is 0 Å². The predicted molar refractivity (Wildman–Crippen MR) is 92.9 cm³/mol. The Morgan fingerprint density at radius 2 is 1.88 bits per heavy atom. The first-order chi connectivity index (χ1) is 12.3. The van der Waals surface area contributed by atoms with Crippen molar-refractivity contribution in [3.8, 4) is 5.75 Å². The van der Waals surface area contributed by atoms with Crippen LogP contribution in [0.25, 0.3) is 0 Å². The molecule has 1 fully saturated rings.